The van der Waals surface area contributed by atoms with Crippen LogP contribution in [-0.4, -0.2) is 42.5 Å². The fraction of sp³-hybridized carbons (Fsp3) is 0. The van der Waals surface area contributed by atoms with Crippen LogP contribution < -0.4 is 26.1 Å². The zero-order valence-corrected chi connectivity index (χ0v) is 22.2. The summed E-state index contributed by atoms with van der Waals surface area (Å²) in [5.74, 6) is 0. The van der Waals surface area contributed by atoms with E-state index in [2.05, 4.69) is 169 Å². The standard InChI is InChI=1S/C24H21NP2Te2/c28-26(21-13-5-1-6-14-21,22-15-7-2-8-16-22)25-27(29,23-17-9-3-10-18-23)24-19-11-4-12-20-24/h1-20H,(H,25,28,29). The number of hydrogen-bond donors (Lipinski definition) is 1. The van der Waals surface area contributed by atoms with Gasteiger partial charge in [-0.05, 0) is 0 Å². The van der Waals surface area contributed by atoms with E-state index in [0.717, 1.165) is 0 Å². The molecule has 0 radical (unpaired) electrons. The average molecular weight is 641 g/mol. The third kappa shape index (κ3) is 4.64. The van der Waals surface area contributed by atoms with Crippen molar-refractivity contribution in [3.05, 3.63) is 121 Å². The van der Waals surface area contributed by atoms with Crippen LogP contribution in [0, 0.1) is 0 Å². The summed E-state index contributed by atoms with van der Waals surface area (Å²) in [5, 5.41) is 5.54. The molecule has 1 nitrogen and oxygen atoms in total. The summed E-state index contributed by atoms with van der Waals surface area (Å²) in [6.07, 6.45) is 0. The molecule has 29 heavy (non-hydrogen) atoms. The quantitative estimate of drug-likeness (QED) is 0.249. The van der Waals surface area contributed by atoms with Crippen LogP contribution in [0.1, 0.15) is 0 Å². The van der Waals surface area contributed by atoms with Crippen molar-refractivity contribution in [1.82, 2.24) is 4.86 Å². The maximum atomic E-state index is 4.30. The fourth-order valence-corrected chi connectivity index (χ4v) is 24.6. The van der Waals surface area contributed by atoms with Crippen molar-refractivity contribution in [3.8, 4) is 0 Å². The molecule has 5 heteroatoms. The van der Waals surface area contributed by atoms with Crippen LogP contribution in [0.5, 0.6) is 0 Å². The fourth-order valence-electron chi connectivity index (χ4n) is 3.28. The second-order valence-corrected chi connectivity index (χ2v) is 21.3. The van der Waals surface area contributed by atoms with Crippen LogP contribution in [0.4, 0.5) is 0 Å². The van der Waals surface area contributed by atoms with Gasteiger partial charge in [-0.3, -0.25) is 0 Å². The van der Waals surface area contributed by atoms with E-state index in [9.17, 15) is 0 Å². The van der Waals surface area contributed by atoms with E-state index in [4.69, 9.17) is 0 Å². The monoisotopic (exact) mass is 645 g/mol. The molecule has 0 aliphatic heterocycles. The van der Waals surface area contributed by atoms with Gasteiger partial charge in [0.25, 0.3) is 0 Å². The normalized spacial score (nSPS) is 11.9. The predicted octanol–water partition coefficient (Wildman–Crippen LogP) is 3.91. The van der Waals surface area contributed by atoms with Crippen molar-refractivity contribution < 1.29 is 0 Å². The first-order valence-electron chi connectivity index (χ1n) is 9.35. The van der Waals surface area contributed by atoms with Crippen LogP contribution in [0.25, 0.3) is 0 Å². The Hall–Kier alpha value is -0.721. The van der Waals surface area contributed by atoms with Crippen LogP contribution in [0.2, 0.25) is 0 Å². The Morgan fingerprint density at radius 2 is 0.586 bits per heavy atom. The van der Waals surface area contributed by atoms with Crippen LogP contribution in [0.15, 0.2) is 121 Å². The van der Waals surface area contributed by atoms with Gasteiger partial charge in [0.2, 0.25) is 0 Å². The first kappa shape index (κ1) is 21.5. The van der Waals surface area contributed by atoms with E-state index >= 15 is 0 Å². The van der Waals surface area contributed by atoms with Crippen LogP contribution in [-0.2, 0) is 0 Å². The zero-order chi connectivity index (χ0) is 20.2. The molecule has 0 aliphatic rings. The van der Waals surface area contributed by atoms with Crippen LogP contribution >= 0.6 is 9.28 Å². The molecular formula is C24H21NP2Te2. The summed E-state index contributed by atoms with van der Waals surface area (Å²) >= 11 is 4.64. The molecule has 0 aliphatic carbocycles. The predicted molar refractivity (Wildman–Crippen MR) is 133 cm³/mol. The Morgan fingerprint density at radius 1 is 0.379 bits per heavy atom. The van der Waals surface area contributed by atoms with Gasteiger partial charge in [0, 0.05) is 0 Å². The molecule has 1 N–H and O–H groups in total. The Morgan fingerprint density at radius 3 is 0.793 bits per heavy atom. The second kappa shape index (κ2) is 9.61. The van der Waals surface area contributed by atoms with Crippen molar-refractivity contribution >= 4 is 73.0 Å². The molecular weight excluding hydrogens is 619 g/mol. The number of rotatable bonds is 6. The molecule has 0 unspecified atom stereocenters. The molecule has 4 aromatic rings. The van der Waals surface area contributed by atoms with Crippen molar-refractivity contribution in [1.29, 1.82) is 0 Å². The Bertz CT molecular complexity index is 983. The number of benzene rings is 4. The number of nitrogens with one attached hydrogen (secondary N) is 1. The topological polar surface area (TPSA) is 12.0 Å². The second-order valence-electron chi connectivity index (χ2n) is 6.66. The summed E-state index contributed by atoms with van der Waals surface area (Å²) in [6.45, 7) is 0. The van der Waals surface area contributed by atoms with Gasteiger partial charge in [0.15, 0.2) is 0 Å². The molecule has 0 saturated heterocycles. The third-order valence-electron chi connectivity index (χ3n) is 4.76. The van der Waals surface area contributed by atoms with Crippen LogP contribution in [0.3, 0.4) is 0 Å². The Balaban J connectivity index is 1.93. The van der Waals surface area contributed by atoms with Gasteiger partial charge in [-0.1, -0.05) is 0 Å². The Kier molecular flexibility index (Phi) is 7.13. The average Bonchev–Trinajstić information content (AvgIpc) is 2.81. The van der Waals surface area contributed by atoms with Gasteiger partial charge in [0.05, 0.1) is 0 Å². The molecule has 0 saturated carbocycles. The molecule has 0 fully saturated rings. The molecule has 4 rings (SSSR count). The van der Waals surface area contributed by atoms with Crippen molar-refractivity contribution in [2.24, 2.45) is 0 Å². The van der Waals surface area contributed by atoms with Gasteiger partial charge in [-0.25, -0.2) is 0 Å². The van der Waals surface area contributed by atoms with Gasteiger partial charge in [-0.2, -0.15) is 0 Å². The molecule has 4 aromatic carbocycles. The molecule has 0 bridgehead atoms. The maximum absolute atomic E-state index is 4.30. The number of hydrogen-bond acceptors (Lipinski definition) is 1. The van der Waals surface area contributed by atoms with E-state index in [-0.39, 0.29) is 0 Å². The molecule has 0 heterocycles. The van der Waals surface area contributed by atoms with E-state index in [1.807, 2.05) is 0 Å². The molecule has 0 atom stereocenters. The van der Waals surface area contributed by atoms with E-state index in [0.29, 0.717) is 0 Å². The molecule has 144 valence electrons. The minimum atomic E-state index is -1.81. The first-order valence-corrected chi connectivity index (χ1v) is 19.0. The van der Waals surface area contributed by atoms with Crippen molar-refractivity contribution in [2.75, 3.05) is 0 Å². The van der Waals surface area contributed by atoms with Gasteiger partial charge < -0.3 is 0 Å². The first-order chi connectivity index (χ1) is 14.1. The molecule has 0 spiro atoms. The summed E-state index contributed by atoms with van der Waals surface area (Å²) in [5.41, 5.74) is 0. The zero-order valence-electron chi connectivity index (χ0n) is 15.8. The van der Waals surface area contributed by atoms with E-state index in [1.54, 1.807) is 0 Å². The summed E-state index contributed by atoms with van der Waals surface area (Å²) < 4.78 is -3.63. The Labute approximate surface area is 197 Å². The van der Waals surface area contributed by atoms with Gasteiger partial charge in [-0.15, -0.1) is 0 Å². The SMILES string of the molecule is [Te]=P(NP(=[Te])(c1ccccc1)c1ccccc1)(c1ccccc1)c1ccccc1. The van der Waals surface area contributed by atoms with Crippen molar-refractivity contribution in [3.63, 3.8) is 0 Å². The minimum absolute atomic E-state index is 1.39. The van der Waals surface area contributed by atoms with E-state index in [1.165, 1.54) is 21.2 Å². The third-order valence-corrected chi connectivity index (χ3v) is 22.5. The summed E-state index contributed by atoms with van der Waals surface area (Å²) in [6, 6.07) is 43.8. The van der Waals surface area contributed by atoms with Gasteiger partial charge >= 0.3 is 199 Å². The summed E-state index contributed by atoms with van der Waals surface area (Å²) in [4.78, 5) is 4.30. The summed E-state index contributed by atoms with van der Waals surface area (Å²) in [7, 11) is 0. The molecule has 0 aromatic heterocycles. The van der Waals surface area contributed by atoms with Gasteiger partial charge in [0.1, 0.15) is 0 Å². The molecule has 0 amide bonds. The van der Waals surface area contributed by atoms with E-state index < -0.39 is 9.28 Å². The van der Waals surface area contributed by atoms with Crippen molar-refractivity contribution in [2.45, 2.75) is 0 Å².